The van der Waals surface area contributed by atoms with E-state index in [4.69, 9.17) is 11.4 Å². The molecule has 0 saturated carbocycles. The van der Waals surface area contributed by atoms with Crippen molar-refractivity contribution in [1.29, 1.82) is 5.26 Å². The zero-order valence-electron chi connectivity index (χ0n) is 10.5. The van der Waals surface area contributed by atoms with Crippen LogP contribution in [-0.2, 0) is 4.74 Å². The van der Waals surface area contributed by atoms with Crippen molar-refractivity contribution < 1.29 is 10.9 Å². The Morgan fingerprint density at radius 2 is 2.07 bits per heavy atom. The molecule has 84 valence electrons. The Morgan fingerprint density at radius 1 is 1.53 bits per heavy atom. The molecule has 1 rings (SSSR count). The normalized spacial score (nSPS) is 21.5. The van der Waals surface area contributed by atoms with E-state index in [0.717, 1.165) is 0 Å². The highest BCUT2D eigenvalue weighted by molar-refractivity contribution is 5.68. The fraction of sp³-hybridized carbons (Fsp3) is 0.818. The van der Waals surface area contributed by atoms with Crippen molar-refractivity contribution in [2.24, 2.45) is 5.89 Å². The molecule has 1 amide bonds. The summed E-state index contributed by atoms with van der Waals surface area (Å²) in [6.45, 7) is 6.30. The maximum Gasteiger partial charge on any atom is 0.410 e. The summed E-state index contributed by atoms with van der Waals surface area (Å²) < 4.78 is 13.0. The minimum absolute atomic E-state index is 0.354. The van der Waals surface area contributed by atoms with E-state index in [1.165, 1.54) is 0 Å². The van der Waals surface area contributed by atoms with Crippen LogP contribution in [0.5, 0.6) is 0 Å². The van der Waals surface area contributed by atoms with Gasteiger partial charge in [-0.15, -0.1) is 0 Å². The minimum atomic E-state index is -1.03. The molecule has 0 N–H and O–H groups in total. The second-order valence-electron chi connectivity index (χ2n) is 4.68. The SMILES string of the molecule is [2H]C1(C#N)CCN(C(=O)OC(C)(C)C)CC1. The Labute approximate surface area is 92.2 Å². The van der Waals surface area contributed by atoms with Crippen LogP contribution in [0.1, 0.15) is 35.0 Å². The van der Waals surface area contributed by atoms with Gasteiger partial charge in [0, 0.05) is 20.4 Å². The van der Waals surface area contributed by atoms with Gasteiger partial charge in [-0.25, -0.2) is 4.79 Å². The molecule has 1 heterocycles. The van der Waals surface area contributed by atoms with E-state index in [-0.39, 0.29) is 6.09 Å². The highest BCUT2D eigenvalue weighted by Crippen LogP contribution is 2.18. The first-order valence-electron chi connectivity index (χ1n) is 5.65. The zero-order chi connectivity index (χ0) is 12.4. The predicted molar refractivity (Wildman–Crippen MR) is 56.1 cm³/mol. The van der Waals surface area contributed by atoms with Gasteiger partial charge in [0.2, 0.25) is 0 Å². The molecule has 0 unspecified atom stereocenters. The lowest BCUT2D eigenvalue weighted by molar-refractivity contribution is 0.0199. The van der Waals surface area contributed by atoms with Crippen LogP contribution in [0.25, 0.3) is 0 Å². The second kappa shape index (κ2) is 4.52. The van der Waals surface area contributed by atoms with Crippen LogP contribution >= 0.6 is 0 Å². The lowest BCUT2D eigenvalue weighted by Crippen LogP contribution is -2.41. The number of nitrogens with zero attached hydrogens (tertiary/aromatic N) is 2. The molecule has 0 aromatic carbocycles. The van der Waals surface area contributed by atoms with E-state index >= 15 is 0 Å². The Bertz CT molecular complexity index is 309. The number of hydrogen-bond acceptors (Lipinski definition) is 3. The van der Waals surface area contributed by atoms with E-state index in [0.29, 0.717) is 25.9 Å². The molecule has 0 radical (unpaired) electrons. The van der Waals surface area contributed by atoms with Gasteiger partial charge in [-0.2, -0.15) is 5.26 Å². The van der Waals surface area contributed by atoms with Crippen molar-refractivity contribution in [2.75, 3.05) is 13.1 Å². The quantitative estimate of drug-likeness (QED) is 0.617. The molecule has 1 fully saturated rings. The summed E-state index contributed by atoms with van der Waals surface area (Å²) in [5.74, 6) is -1.03. The van der Waals surface area contributed by atoms with Crippen LogP contribution < -0.4 is 0 Å². The molecule has 0 aromatic heterocycles. The third-order valence-electron chi connectivity index (χ3n) is 2.18. The van der Waals surface area contributed by atoms with Crippen molar-refractivity contribution in [3.05, 3.63) is 0 Å². The maximum absolute atomic E-state index is 11.7. The van der Waals surface area contributed by atoms with Gasteiger partial charge >= 0.3 is 6.09 Å². The first-order valence-corrected chi connectivity index (χ1v) is 5.15. The summed E-state index contributed by atoms with van der Waals surface area (Å²) in [7, 11) is 0. The number of ether oxygens (including phenoxy) is 1. The lowest BCUT2D eigenvalue weighted by atomic mass is 9.99. The summed E-state index contributed by atoms with van der Waals surface area (Å²) in [6, 6.07) is 1.98. The minimum Gasteiger partial charge on any atom is -0.444 e. The Morgan fingerprint density at radius 3 is 2.47 bits per heavy atom. The molecule has 4 heteroatoms. The van der Waals surface area contributed by atoms with Crippen LogP contribution in [-0.4, -0.2) is 29.7 Å². The number of nitriles is 1. The van der Waals surface area contributed by atoms with Crippen LogP contribution in [0.3, 0.4) is 0 Å². The number of rotatable bonds is 0. The zero-order valence-corrected chi connectivity index (χ0v) is 9.54. The van der Waals surface area contributed by atoms with Gasteiger partial charge in [0.15, 0.2) is 0 Å². The van der Waals surface area contributed by atoms with Crippen LogP contribution in [0.2, 0.25) is 0 Å². The molecule has 0 atom stereocenters. The standard InChI is InChI=1S/C11H18N2O2/c1-11(2,3)15-10(14)13-6-4-9(8-12)5-7-13/h9H,4-7H2,1-3H3/i9D. The van der Waals surface area contributed by atoms with Gasteiger partial charge in [-0.3, -0.25) is 0 Å². The molecular formula is C11H18N2O2. The third kappa shape index (κ3) is 3.78. The van der Waals surface area contributed by atoms with Crippen LogP contribution in [0.15, 0.2) is 0 Å². The molecule has 4 nitrogen and oxygen atoms in total. The monoisotopic (exact) mass is 211 g/mol. The van der Waals surface area contributed by atoms with Crippen molar-refractivity contribution in [3.63, 3.8) is 0 Å². The van der Waals surface area contributed by atoms with Gasteiger partial charge in [0.25, 0.3) is 0 Å². The number of carbonyl (C=O) groups excluding carboxylic acids is 1. The van der Waals surface area contributed by atoms with E-state index in [1.807, 2.05) is 26.8 Å². The highest BCUT2D eigenvalue weighted by atomic mass is 16.6. The summed E-state index contributed by atoms with van der Waals surface area (Å²) in [5.41, 5.74) is -0.498. The maximum atomic E-state index is 11.7. The van der Waals surface area contributed by atoms with Gasteiger partial charge in [-0.05, 0) is 33.6 Å². The average Bonchev–Trinajstić information content (AvgIpc) is 2.16. The lowest BCUT2D eigenvalue weighted by Gasteiger charge is -2.31. The average molecular weight is 211 g/mol. The van der Waals surface area contributed by atoms with E-state index in [1.54, 1.807) is 4.90 Å². The second-order valence-corrected chi connectivity index (χ2v) is 4.68. The van der Waals surface area contributed by atoms with Gasteiger partial charge < -0.3 is 9.64 Å². The molecule has 1 aliphatic rings. The van der Waals surface area contributed by atoms with Gasteiger partial charge in [0.05, 0.1) is 6.07 Å². The predicted octanol–water partition coefficient (Wildman–Crippen LogP) is 2.16. The number of amides is 1. The summed E-state index contributed by atoms with van der Waals surface area (Å²) >= 11 is 0. The molecule has 1 saturated heterocycles. The first kappa shape index (κ1) is 10.3. The fourth-order valence-electron chi connectivity index (χ4n) is 1.40. The number of carbonyl (C=O) groups is 1. The highest BCUT2D eigenvalue weighted by Gasteiger charge is 2.26. The Kier molecular flexibility index (Phi) is 3.10. The molecule has 0 aromatic rings. The van der Waals surface area contributed by atoms with E-state index in [2.05, 4.69) is 0 Å². The fourth-order valence-corrected chi connectivity index (χ4v) is 1.40. The van der Waals surface area contributed by atoms with Crippen molar-refractivity contribution >= 4 is 6.09 Å². The van der Waals surface area contributed by atoms with Crippen LogP contribution in [0.4, 0.5) is 4.79 Å². The van der Waals surface area contributed by atoms with Crippen LogP contribution in [0, 0.1) is 17.2 Å². The molecule has 0 bridgehead atoms. The molecular weight excluding hydrogens is 192 g/mol. The molecule has 15 heavy (non-hydrogen) atoms. The van der Waals surface area contributed by atoms with Gasteiger partial charge in [0.1, 0.15) is 5.60 Å². The Hall–Kier alpha value is -1.24. The van der Waals surface area contributed by atoms with E-state index < -0.39 is 11.5 Å². The van der Waals surface area contributed by atoms with E-state index in [9.17, 15) is 4.79 Å². The summed E-state index contributed by atoms with van der Waals surface area (Å²) in [6.07, 6.45) is 0.429. The van der Waals surface area contributed by atoms with Gasteiger partial charge in [-0.1, -0.05) is 0 Å². The topological polar surface area (TPSA) is 53.3 Å². The Balaban J connectivity index is 2.49. The number of piperidine rings is 1. The summed E-state index contributed by atoms with van der Waals surface area (Å²) in [5, 5.41) is 8.79. The summed E-state index contributed by atoms with van der Waals surface area (Å²) in [4.78, 5) is 13.2. The first-order chi connectivity index (χ1) is 7.26. The molecule has 0 spiro atoms. The van der Waals surface area contributed by atoms with Crippen molar-refractivity contribution in [2.45, 2.75) is 39.2 Å². The van der Waals surface area contributed by atoms with Crippen molar-refractivity contribution in [1.82, 2.24) is 4.90 Å². The molecule has 1 aliphatic heterocycles. The molecule has 0 aliphatic carbocycles. The third-order valence-corrected chi connectivity index (χ3v) is 2.18. The number of likely N-dealkylation sites (tertiary alicyclic amines) is 1. The largest absolute Gasteiger partial charge is 0.444 e. The number of hydrogen-bond donors (Lipinski definition) is 0. The van der Waals surface area contributed by atoms with Crippen molar-refractivity contribution in [3.8, 4) is 6.07 Å². The smallest absolute Gasteiger partial charge is 0.410 e.